The van der Waals surface area contributed by atoms with E-state index in [0.29, 0.717) is 11.3 Å². The largest absolute Gasteiger partial charge is 0.355 e. The third kappa shape index (κ3) is 3.89. The minimum absolute atomic E-state index is 0.343. The van der Waals surface area contributed by atoms with Gasteiger partial charge in [-0.15, -0.1) is 11.8 Å². The Balaban J connectivity index is 1.68. The van der Waals surface area contributed by atoms with Crippen LogP contribution in [0.2, 0.25) is 0 Å². The number of hydrogen-bond donors (Lipinski definition) is 0. The SMILES string of the molecule is Fc1ccc(F)c(CSc2cc(N3CCSCC3)ncn2)c1. The molecule has 1 aliphatic heterocycles. The van der Waals surface area contributed by atoms with E-state index in [0.717, 1.165) is 47.6 Å². The van der Waals surface area contributed by atoms with E-state index < -0.39 is 11.6 Å². The second-order valence-corrected chi connectivity index (χ2v) is 7.06. The smallest absolute Gasteiger partial charge is 0.133 e. The summed E-state index contributed by atoms with van der Waals surface area (Å²) in [5.41, 5.74) is 0.347. The maximum atomic E-state index is 13.6. The minimum Gasteiger partial charge on any atom is -0.355 e. The first kappa shape index (κ1) is 15.6. The van der Waals surface area contributed by atoms with Crippen LogP contribution in [0.3, 0.4) is 0 Å². The lowest BCUT2D eigenvalue weighted by molar-refractivity contribution is 0.591. The molecule has 0 unspecified atom stereocenters. The Kier molecular flexibility index (Phi) is 5.15. The first-order valence-corrected chi connectivity index (χ1v) is 9.08. The third-order valence-electron chi connectivity index (χ3n) is 3.35. The fourth-order valence-corrected chi connectivity index (χ4v) is 3.92. The Labute approximate surface area is 136 Å². The summed E-state index contributed by atoms with van der Waals surface area (Å²) in [5.74, 6) is 2.62. The summed E-state index contributed by atoms with van der Waals surface area (Å²) in [5, 5.41) is 0.770. The molecule has 0 N–H and O–H groups in total. The molecule has 116 valence electrons. The van der Waals surface area contributed by atoms with E-state index in [1.54, 1.807) is 0 Å². The normalized spacial score (nSPS) is 15.1. The molecule has 2 heterocycles. The Morgan fingerprint density at radius 3 is 2.77 bits per heavy atom. The molecule has 0 radical (unpaired) electrons. The molecule has 0 aliphatic carbocycles. The summed E-state index contributed by atoms with van der Waals surface area (Å²) >= 11 is 3.33. The maximum Gasteiger partial charge on any atom is 0.133 e. The van der Waals surface area contributed by atoms with Crippen LogP contribution < -0.4 is 4.90 Å². The first-order chi connectivity index (χ1) is 10.7. The molecule has 0 bridgehead atoms. The highest BCUT2D eigenvalue weighted by atomic mass is 32.2. The van der Waals surface area contributed by atoms with Gasteiger partial charge in [0.15, 0.2) is 0 Å². The van der Waals surface area contributed by atoms with Crippen LogP contribution in [0.25, 0.3) is 0 Å². The fourth-order valence-electron chi connectivity index (χ4n) is 2.18. The fraction of sp³-hybridized carbons (Fsp3) is 0.333. The van der Waals surface area contributed by atoms with E-state index >= 15 is 0 Å². The van der Waals surface area contributed by atoms with Crippen molar-refractivity contribution in [2.75, 3.05) is 29.5 Å². The van der Waals surface area contributed by atoms with Crippen LogP contribution >= 0.6 is 23.5 Å². The molecule has 22 heavy (non-hydrogen) atoms. The average molecular weight is 339 g/mol. The van der Waals surface area contributed by atoms with Gasteiger partial charge in [-0.3, -0.25) is 0 Å². The number of halogens is 2. The lowest BCUT2D eigenvalue weighted by atomic mass is 10.2. The Morgan fingerprint density at radius 2 is 1.95 bits per heavy atom. The van der Waals surface area contributed by atoms with Crippen LogP contribution in [0.1, 0.15) is 5.56 Å². The zero-order chi connectivity index (χ0) is 15.4. The molecule has 1 saturated heterocycles. The highest BCUT2D eigenvalue weighted by Gasteiger charge is 2.13. The zero-order valence-electron chi connectivity index (χ0n) is 11.8. The second kappa shape index (κ2) is 7.28. The number of aromatic nitrogens is 2. The predicted molar refractivity (Wildman–Crippen MR) is 87.5 cm³/mol. The van der Waals surface area contributed by atoms with Gasteiger partial charge in [0.2, 0.25) is 0 Å². The summed E-state index contributed by atoms with van der Waals surface area (Å²) in [6.07, 6.45) is 1.53. The summed E-state index contributed by atoms with van der Waals surface area (Å²) in [6.45, 7) is 1.95. The van der Waals surface area contributed by atoms with Crippen molar-refractivity contribution in [1.29, 1.82) is 0 Å². The number of rotatable bonds is 4. The predicted octanol–water partition coefficient (Wildman–Crippen LogP) is 3.60. The van der Waals surface area contributed by atoms with Crippen molar-refractivity contribution in [3.05, 3.63) is 47.8 Å². The third-order valence-corrected chi connectivity index (χ3v) is 5.26. The summed E-state index contributed by atoms with van der Waals surface area (Å²) in [7, 11) is 0. The Morgan fingerprint density at radius 1 is 1.14 bits per heavy atom. The lowest BCUT2D eigenvalue weighted by Crippen LogP contribution is -2.33. The van der Waals surface area contributed by atoms with Crippen molar-refractivity contribution in [3.63, 3.8) is 0 Å². The molecule has 1 aliphatic rings. The van der Waals surface area contributed by atoms with Crippen LogP contribution in [-0.4, -0.2) is 34.6 Å². The van der Waals surface area contributed by atoms with Crippen LogP contribution in [0.5, 0.6) is 0 Å². The first-order valence-electron chi connectivity index (χ1n) is 6.94. The van der Waals surface area contributed by atoms with Crippen molar-refractivity contribution in [2.45, 2.75) is 10.8 Å². The van der Waals surface area contributed by atoms with Gasteiger partial charge in [-0.05, 0) is 18.2 Å². The van der Waals surface area contributed by atoms with Gasteiger partial charge in [0.25, 0.3) is 0 Å². The van der Waals surface area contributed by atoms with Crippen LogP contribution in [-0.2, 0) is 5.75 Å². The molecule has 0 saturated carbocycles. The number of benzene rings is 1. The minimum atomic E-state index is -0.425. The molecule has 3 rings (SSSR count). The number of anilines is 1. The summed E-state index contributed by atoms with van der Waals surface area (Å²) in [4.78, 5) is 10.7. The van der Waals surface area contributed by atoms with Crippen molar-refractivity contribution in [3.8, 4) is 0 Å². The van der Waals surface area contributed by atoms with Gasteiger partial charge in [0.1, 0.15) is 28.8 Å². The molecular weight excluding hydrogens is 324 g/mol. The molecule has 0 spiro atoms. The van der Waals surface area contributed by atoms with Crippen LogP contribution in [0, 0.1) is 11.6 Å². The summed E-state index contributed by atoms with van der Waals surface area (Å²) < 4.78 is 26.8. The molecule has 1 aromatic heterocycles. The molecule has 0 amide bonds. The quantitative estimate of drug-likeness (QED) is 0.627. The highest BCUT2D eigenvalue weighted by Crippen LogP contribution is 2.26. The average Bonchev–Trinajstić information content (AvgIpc) is 2.57. The van der Waals surface area contributed by atoms with E-state index in [9.17, 15) is 8.78 Å². The van der Waals surface area contributed by atoms with E-state index in [1.165, 1.54) is 24.2 Å². The van der Waals surface area contributed by atoms with E-state index in [2.05, 4.69) is 14.9 Å². The van der Waals surface area contributed by atoms with E-state index in [-0.39, 0.29) is 0 Å². The topological polar surface area (TPSA) is 29.0 Å². The second-order valence-electron chi connectivity index (χ2n) is 4.84. The van der Waals surface area contributed by atoms with E-state index in [1.807, 2.05) is 17.8 Å². The maximum absolute atomic E-state index is 13.6. The van der Waals surface area contributed by atoms with E-state index in [4.69, 9.17) is 0 Å². The highest BCUT2D eigenvalue weighted by molar-refractivity contribution is 7.99. The number of thioether (sulfide) groups is 2. The van der Waals surface area contributed by atoms with Gasteiger partial charge in [-0.2, -0.15) is 11.8 Å². The molecule has 3 nitrogen and oxygen atoms in total. The standard InChI is InChI=1S/C15H15F2N3S2/c16-12-1-2-13(17)11(7-12)9-22-15-8-14(18-10-19-15)20-3-5-21-6-4-20/h1-2,7-8,10H,3-6,9H2. The number of nitrogens with zero attached hydrogens (tertiary/aromatic N) is 3. The molecule has 7 heteroatoms. The summed E-state index contributed by atoms with van der Waals surface area (Å²) in [6, 6.07) is 5.42. The van der Waals surface area contributed by atoms with Gasteiger partial charge < -0.3 is 4.90 Å². The molecule has 0 atom stereocenters. The van der Waals surface area contributed by atoms with Crippen molar-refractivity contribution in [2.24, 2.45) is 0 Å². The molecule has 2 aromatic rings. The van der Waals surface area contributed by atoms with Gasteiger partial charge in [0, 0.05) is 42.0 Å². The van der Waals surface area contributed by atoms with Crippen molar-refractivity contribution >= 4 is 29.3 Å². The zero-order valence-corrected chi connectivity index (χ0v) is 13.5. The number of hydrogen-bond acceptors (Lipinski definition) is 5. The monoisotopic (exact) mass is 339 g/mol. The lowest BCUT2D eigenvalue weighted by Gasteiger charge is -2.27. The molecular formula is C15H15F2N3S2. The Hall–Kier alpha value is -1.34. The van der Waals surface area contributed by atoms with Crippen LogP contribution in [0.4, 0.5) is 14.6 Å². The Bertz CT molecular complexity index is 648. The van der Waals surface area contributed by atoms with Gasteiger partial charge >= 0.3 is 0 Å². The molecule has 1 fully saturated rings. The van der Waals surface area contributed by atoms with Crippen molar-refractivity contribution < 1.29 is 8.78 Å². The van der Waals surface area contributed by atoms with Crippen molar-refractivity contribution in [1.82, 2.24) is 9.97 Å². The van der Waals surface area contributed by atoms with Gasteiger partial charge in [-0.25, -0.2) is 18.7 Å². The van der Waals surface area contributed by atoms with Gasteiger partial charge in [-0.1, -0.05) is 0 Å². The van der Waals surface area contributed by atoms with Gasteiger partial charge in [0.05, 0.1) is 0 Å². The van der Waals surface area contributed by atoms with Crippen LogP contribution in [0.15, 0.2) is 35.6 Å². The molecule has 1 aromatic carbocycles.